The zero-order chi connectivity index (χ0) is 26.9. The summed E-state index contributed by atoms with van der Waals surface area (Å²) in [6, 6.07) is 8.99. The number of amides is 1. The van der Waals surface area contributed by atoms with Crippen LogP contribution in [0, 0.1) is 11.3 Å². The molecule has 4 rings (SSSR count). The molecule has 202 valence electrons. The van der Waals surface area contributed by atoms with Crippen molar-refractivity contribution in [1.29, 1.82) is 5.41 Å². The normalized spacial score (nSPS) is 15.2. The first-order chi connectivity index (χ1) is 17.9. The summed E-state index contributed by atoms with van der Waals surface area (Å²) in [6.07, 6.45) is 6.63. The minimum Gasteiger partial charge on any atom is -0.507 e. The Hall–Kier alpha value is -3.06. The molecule has 0 bridgehead atoms. The van der Waals surface area contributed by atoms with E-state index >= 15 is 0 Å². The SMILES string of the molecule is CC.CCN(C)CCOc1ccc2c(c1)CN(C(=O)c1cc(C(=N)CC3CCCCC3)c(N)cc1O)C2. The molecule has 2 aliphatic rings. The van der Waals surface area contributed by atoms with Crippen LogP contribution in [0.2, 0.25) is 0 Å². The third kappa shape index (κ3) is 7.25. The zero-order valence-electron chi connectivity index (χ0n) is 23.0. The number of phenols is 1. The minimum absolute atomic E-state index is 0.137. The summed E-state index contributed by atoms with van der Waals surface area (Å²) in [5, 5.41) is 19.2. The number of aromatic hydroxyl groups is 1. The number of nitrogen functional groups attached to an aromatic ring is 1. The van der Waals surface area contributed by atoms with Crippen LogP contribution in [0.3, 0.4) is 0 Å². The number of carbonyl (C=O) groups is 1. The lowest BCUT2D eigenvalue weighted by atomic mass is 9.84. The van der Waals surface area contributed by atoms with Crippen LogP contribution < -0.4 is 10.5 Å². The molecule has 4 N–H and O–H groups in total. The molecule has 0 atom stereocenters. The van der Waals surface area contributed by atoms with Crippen LogP contribution in [0.25, 0.3) is 0 Å². The Morgan fingerprint density at radius 3 is 2.51 bits per heavy atom. The molecular weight excluding hydrogens is 464 g/mol. The number of hydrogen-bond acceptors (Lipinski definition) is 6. The van der Waals surface area contributed by atoms with Crippen LogP contribution in [0.5, 0.6) is 11.5 Å². The fourth-order valence-electron chi connectivity index (χ4n) is 5.08. The van der Waals surface area contributed by atoms with E-state index in [0.29, 0.717) is 49.0 Å². The van der Waals surface area contributed by atoms with Crippen molar-refractivity contribution >= 4 is 17.3 Å². The monoisotopic (exact) mass is 508 g/mol. The average molecular weight is 509 g/mol. The van der Waals surface area contributed by atoms with E-state index in [1.165, 1.54) is 25.3 Å². The van der Waals surface area contributed by atoms with Gasteiger partial charge < -0.3 is 30.8 Å². The average Bonchev–Trinajstić information content (AvgIpc) is 3.33. The molecule has 2 aromatic rings. The Bertz CT molecular complexity index is 1080. The highest BCUT2D eigenvalue weighted by molar-refractivity contribution is 6.06. The lowest BCUT2D eigenvalue weighted by Gasteiger charge is -2.23. The molecule has 1 fully saturated rings. The van der Waals surface area contributed by atoms with Crippen molar-refractivity contribution in [2.45, 2.75) is 72.4 Å². The van der Waals surface area contributed by atoms with Crippen molar-refractivity contribution in [3.05, 3.63) is 52.6 Å². The number of nitrogens with zero attached hydrogens (tertiary/aromatic N) is 2. The molecule has 7 heteroatoms. The summed E-state index contributed by atoms with van der Waals surface area (Å²) in [5.41, 5.74) is 9.85. The number of phenolic OH excluding ortho intramolecular Hbond substituents is 1. The quantitative estimate of drug-likeness (QED) is 0.292. The van der Waals surface area contributed by atoms with Gasteiger partial charge in [0.25, 0.3) is 5.91 Å². The predicted molar refractivity (Wildman–Crippen MR) is 151 cm³/mol. The number of fused-ring (bicyclic) bond motifs is 1. The molecule has 0 unspecified atom stereocenters. The van der Waals surface area contributed by atoms with Gasteiger partial charge in [-0.2, -0.15) is 0 Å². The van der Waals surface area contributed by atoms with Gasteiger partial charge in [-0.15, -0.1) is 0 Å². The van der Waals surface area contributed by atoms with Crippen molar-refractivity contribution in [1.82, 2.24) is 9.80 Å². The molecule has 0 spiro atoms. The van der Waals surface area contributed by atoms with E-state index < -0.39 is 0 Å². The van der Waals surface area contributed by atoms with Crippen LogP contribution in [0.4, 0.5) is 5.69 Å². The van der Waals surface area contributed by atoms with Gasteiger partial charge in [0.1, 0.15) is 18.1 Å². The second-order valence-electron chi connectivity index (χ2n) is 9.98. The first kappa shape index (κ1) is 28.5. The second kappa shape index (κ2) is 13.5. The van der Waals surface area contributed by atoms with Gasteiger partial charge in [-0.25, -0.2) is 0 Å². The maximum absolute atomic E-state index is 13.4. The summed E-state index contributed by atoms with van der Waals surface area (Å²) in [6.45, 7) is 9.49. The Balaban J connectivity index is 0.00000186. The molecule has 0 radical (unpaired) electrons. The summed E-state index contributed by atoms with van der Waals surface area (Å²) in [5.74, 6) is 0.908. The van der Waals surface area contributed by atoms with Gasteiger partial charge in [-0.05, 0) is 55.3 Å². The highest BCUT2D eigenvalue weighted by Gasteiger charge is 2.28. The van der Waals surface area contributed by atoms with Gasteiger partial charge in [0, 0.05) is 42.7 Å². The van der Waals surface area contributed by atoms with Gasteiger partial charge in [-0.1, -0.05) is 58.9 Å². The summed E-state index contributed by atoms with van der Waals surface area (Å²) >= 11 is 0. The Labute approximate surface area is 222 Å². The summed E-state index contributed by atoms with van der Waals surface area (Å²) < 4.78 is 5.90. The lowest BCUT2D eigenvalue weighted by molar-refractivity contribution is 0.0748. The summed E-state index contributed by atoms with van der Waals surface area (Å²) in [4.78, 5) is 17.3. The van der Waals surface area contributed by atoms with E-state index in [1.54, 1.807) is 11.0 Å². The molecule has 1 amide bonds. The number of carbonyl (C=O) groups excluding carboxylic acids is 1. The van der Waals surface area contributed by atoms with Crippen molar-refractivity contribution in [2.24, 2.45) is 5.92 Å². The van der Waals surface area contributed by atoms with Crippen LogP contribution in [-0.2, 0) is 13.1 Å². The largest absolute Gasteiger partial charge is 0.507 e. The third-order valence-electron chi connectivity index (χ3n) is 7.41. The van der Waals surface area contributed by atoms with E-state index in [0.717, 1.165) is 42.8 Å². The zero-order valence-corrected chi connectivity index (χ0v) is 23.0. The molecule has 1 aliphatic heterocycles. The fraction of sp³-hybridized carbons (Fsp3) is 0.533. The third-order valence-corrected chi connectivity index (χ3v) is 7.41. The van der Waals surface area contributed by atoms with Crippen LogP contribution in [0.1, 0.15) is 86.3 Å². The number of likely N-dealkylation sites (N-methyl/N-ethyl adjacent to an activating group) is 1. The minimum atomic E-state index is -0.252. The standard InChI is InChI=1S/C28H38N4O3.C2H6/c1-3-31(2)11-12-35-22-10-9-20-17-32(18-21(20)14-22)28(34)24-15-23(26(30)16-27(24)33)25(29)13-19-7-5-4-6-8-19;1-2/h9-10,14-16,19,29,33H,3-8,11-13,17-18,30H2,1-2H3;1-2H3. The van der Waals surface area contributed by atoms with Crippen molar-refractivity contribution in [3.63, 3.8) is 0 Å². The Morgan fingerprint density at radius 1 is 1.11 bits per heavy atom. The van der Waals surface area contributed by atoms with Crippen LogP contribution in [-0.4, -0.2) is 53.3 Å². The number of benzene rings is 2. The Morgan fingerprint density at radius 2 is 1.81 bits per heavy atom. The van der Waals surface area contributed by atoms with E-state index in [2.05, 4.69) is 18.9 Å². The first-order valence-electron chi connectivity index (χ1n) is 13.8. The molecule has 0 aromatic heterocycles. The smallest absolute Gasteiger partial charge is 0.258 e. The fourth-order valence-corrected chi connectivity index (χ4v) is 5.08. The van der Waals surface area contributed by atoms with Gasteiger partial charge in [0.2, 0.25) is 0 Å². The van der Waals surface area contributed by atoms with Crippen molar-refractivity contribution in [3.8, 4) is 11.5 Å². The molecular formula is C30H44N4O3. The van der Waals surface area contributed by atoms with E-state index in [4.69, 9.17) is 15.9 Å². The highest BCUT2D eigenvalue weighted by atomic mass is 16.5. The molecule has 2 aromatic carbocycles. The number of nitrogens with two attached hydrogens (primary N) is 1. The second-order valence-corrected chi connectivity index (χ2v) is 9.98. The number of hydrogen-bond donors (Lipinski definition) is 3. The molecule has 37 heavy (non-hydrogen) atoms. The Kier molecular flexibility index (Phi) is 10.4. The van der Waals surface area contributed by atoms with Gasteiger partial charge in [-0.3, -0.25) is 4.79 Å². The number of rotatable bonds is 9. The molecule has 7 nitrogen and oxygen atoms in total. The van der Waals surface area contributed by atoms with E-state index in [-0.39, 0.29) is 17.2 Å². The van der Waals surface area contributed by atoms with E-state index in [9.17, 15) is 9.90 Å². The number of nitrogens with one attached hydrogen (secondary N) is 1. The first-order valence-corrected chi connectivity index (χ1v) is 13.8. The maximum atomic E-state index is 13.4. The van der Waals surface area contributed by atoms with Crippen LogP contribution >= 0.6 is 0 Å². The molecule has 0 saturated heterocycles. The molecule has 1 saturated carbocycles. The molecule has 1 heterocycles. The van der Waals surface area contributed by atoms with E-state index in [1.807, 2.05) is 32.0 Å². The van der Waals surface area contributed by atoms with Crippen molar-refractivity contribution in [2.75, 3.05) is 32.5 Å². The highest BCUT2D eigenvalue weighted by Crippen LogP contribution is 2.33. The summed E-state index contributed by atoms with van der Waals surface area (Å²) in [7, 11) is 2.06. The number of ether oxygens (including phenoxy) is 1. The van der Waals surface area contributed by atoms with Crippen molar-refractivity contribution < 1.29 is 14.6 Å². The van der Waals surface area contributed by atoms with Gasteiger partial charge in [0.05, 0.1) is 5.56 Å². The maximum Gasteiger partial charge on any atom is 0.258 e. The van der Waals surface area contributed by atoms with Crippen LogP contribution in [0.15, 0.2) is 30.3 Å². The lowest BCUT2D eigenvalue weighted by Crippen LogP contribution is -2.26. The number of anilines is 1. The molecule has 1 aliphatic carbocycles. The van der Waals surface area contributed by atoms with Gasteiger partial charge in [0.15, 0.2) is 0 Å². The predicted octanol–water partition coefficient (Wildman–Crippen LogP) is 5.83. The van der Waals surface area contributed by atoms with Gasteiger partial charge >= 0.3 is 0 Å². The topological polar surface area (TPSA) is 103 Å².